The van der Waals surface area contributed by atoms with Gasteiger partial charge in [-0.15, -0.1) is 0 Å². The second kappa shape index (κ2) is 4.91. The number of rotatable bonds is 1. The van der Waals surface area contributed by atoms with Crippen LogP contribution in [0.5, 0.6) is 0 Å². The van der Waals surface area contributed by atoms with E-state index in [1.54, 1.807) is 36.4 Å². The molecular formula is C15H8BrN3O. The lowest BCUT2D eigenvalue weighted by atomic mass is 10.1. The fourth-order valence-electron chi connectivity index (χ4n) is 2.05. The highest BCUT2D eigenvalue weighted by Gasteiger charge is 2.11. The van der Waals surface area contributed by atoms with Gasteiger partial charge in [-0.2, -0.15) is 5.26 Å². The van der Waals surface area contributed by atoms with E-state index >= 15 is 0 Å². The summed E-state index contributed by atoms with van der Waals surface area (Å²) in [5, 5.41) is 9.78. The van der Waals surface area contributed by atoms with Crippen molar-refractivity contribution in [3.8, 4) is 17.5 Å². The fourth-order valence-corrected chi connectivity index (χ4v) is 2.50. The molecule has 0 amide bonds. The van der Waals surface area contributed by atoms with Crippen LogP contribution in [-0.4, -0.2) is 9.97 Å². The maximum Gasteiger partial charge on any atom is 0.259 e. The van der Waals surface area contributed by atoms with Gasteiger partial charge in [0, 0.05) is 10.0 Å². The zero-order chi connectivity index (χ0) is 14.1. The lowest BCUT2D eigenvalue weighted by Crippen LogP contribution is -2.09. The molecule has 96 valence electrons. The highest BCUT2D eigenvalue weighted by Crippen LogP contribution is 2.26. The van der Waals surface area contributed by atoms with Gasteiger partial charge in [0.05, 0.1) is 16.5 Å². The van der Waals surface area contributed by atoms with Crippen LogP contribution >= 0.6 is 15.9 Å². The van der Waals surface area contributed by atoms with E-state index in [0.717, 1.165) is 0 Å². The predicted octanol–water partition coefficient (Wildman–Crippen LogP) is 3.22. The largest absolute Gasteiger partial charge is 0.306 e. The third-order valence-corrected chi connectivity index (χ3v) is 3.65. The standard InChI is InChI=1S/C15H8BrN3O/c16-12-6-3-5-9(11(12)8-17)14-18-13-7-2-1-4-10(13)15(20)19-14/h1-7H,(H,18,19,20). The van der Waals surface area contributed by atoms with Gasteiger partial charge in [0.1, 0.15) is 11.9 Å². The van der Waals surface area contributed by atoms with Crippen molar-refractivity contribution in [1.29, 1.82) is 5.26 Å². The molecule has 3 aromatic rings. The van der Waals surface area contributed by atoms with Gasteiger partial charge in [0.25, 0.3) is 5.56 Å². The maximum atomic E-state index is 12.1. The van der Waals surface area contributed by atoms with Crippen LogP contribution in [0.4, 0.5) is 0 Å². The summed E-state index contributed by atoms with van der Waals surface area (Å²) < 4.78 is 0.674. The molecule has 0 saturated carbocycles. The van der Waals surface area contributed by atoms with Crippen LogP contribution in [0.2, 0.25) is 0 Å². The minimum atomic E-state index is -0.213. The number of aromatic nitrogens is 2. The monoisotopic (exact) mass is 325 g/mol. The van der Waals surface area contributed by atoms with Crippen LogP contribution in [-0.2, 0) is 0 Å². The molecule has 4 nitrogen and oxygen atoms in total. The van der Waals surface area contributed by atoms with E-state index in [1.807, 2.05) is 6.07 Å². The fraction of sp³-hybridized carbons (Fsp3) is 0. The summed E-state index contributed by atoms with van der Waals surface area (Å²) in [5.41, 5.74) is 1.44. The molecule has 0 spiro atoms. The summed E-state index contributed by atoms with van der Waals surface area (Å²) in [6.07, 6.45) is 0. The van der Waals surface area contributed by atoms with Crippen molar-refractivity contribution in [2.75, 3.05) is 0 Å². The Morgan fingerprint density at radius 1 is 1.15 bits per heavy atom. The molecule has 0 aliphatic heterocycles. The average molecular weight is 326 g/mol. The Labute approximate surface area is 122 Å². The predicted molar refractivity (Wildman–Crippen MR) is 80.2 cm³/mol. The molecular weight excluding hydrogens is 318 g/mol. The van der Waals surface area contributed by atoms with Crippen LogP contribution in [0.1, 0.15) is 5.56 Å². The number of fused-ring (bicyclic) bond motifs is 1. The maximum absolute atomic E-state index is 12.1. The molecule has 20 heavy (non-hydrogen) atoms. The van der Waals surface area contributed by atoms with Crippen molar-refractivity contribution >= 4 is 26.8 Å². The first-order valence-electron chi connectivity index (χ1n) is 5.89. The van der Waals surface area contributed by atoms with E-state index in [1.165, 1.54) is 0 Å². The van der Waals surface area contributed by atoms with Crippen LogP contribution in [0.25, 0.3) is 22.3 Å². The molecule has 3 rings (SSSR count). The Morgan fingerprint density at radius 3 is 2.75 bits per heavy atom. The minimum absolute atomic E-state index is 0.213. The summed E-state index contributed by atoms with van der Waals surface area (Å²) in [4.78, 5) is 19.2. The van der Waals surface area contributed by atoms with Crippen molar-refractivity contribution in [3.63, 3.8) is 0 Å². The Morgan fingerprint density at radius 2 is 1.95 bits per heavy atom. The van der Waals surface area contributed by atoms with Crippen LogP contribution < -0.4 is 5.56 Å². The number of hydrogen-bond acceptors (Lipinski definition) is 3. The van der Waals surface area contributed by atoms with Crippen LogP contribution in [0, 0.1) is 11.3 Å². The lowest BCUT2D eigenvalue weighted by molar-refractivity contribution is 1.17. The highest BCUT2D eigenvalue weighted by atomic mass is 79.9. The molecule has 0 aliphatic rings. The molecule has 1 N–H and O–H groups in total. The molecule has 1 aromatic heterocycles. The van der Waals surface area contributed by atoms with Crippen molar-refractivity contribution in [2.45, 2.75) is 0 Å². The van der Waals surface area contributed by atoms with E-state index in [0.29, 0.717) is 32.3 Å². The molecule has 0 radical (unpaired) electrons. The van der Waals surface area contributed by atoms with Gasteiger partial charge in [-0.25, -0.2) is 4.98 Å². The zero-order valence-electron chi connectivity index (χ0n) is 10.2. The smallest absolute Gasteiger partial charge is 0.259 e. The van der Waals surface area contributed by atoms with Gasteiger partial charge in [-0.05, 0) is 40.2 Å². The van der Waals surface area contributed by atoms with Gasteiger partial charge in [0.2, 0.25) is 0 Å². The number of nitrogens with zero attached hydrogens (tertiary/aromatic N) is 2. The molecule has 5 heteroatoms. The van der Waals surface area contributed by atoms with Gasteiger partial charge >= 0.3 is 0 Å². The van der Waals surface area contributed by atoms with Crippen molar-refractivity contribution in [1.82, 2.24) is 9.97 Å². The molecule has 0 saturated heterocycles. The van der Waals surface area contributed by atoms with Crippen LogP contribution in [0.15, 0.2) is 51.7 Å². The first-order valence-corrected chi connectivity index (χ1v) is 6.68. The van der Waals surface area contributed by atoms with Gasteiger partial charge in [-0.3, -0.25) is 4.79 Å². The van der Waals surface area contributed by atoms with E-state index in [-0.39, 0.29) is 5.56 Å². The van der Waals surface area contributed by atoms with Crippen molar-refractivity contribution < 1.29 is 0 Å². The van der Waals surface area contributed by atoms with Gasteiger partial charge in [0.15, 0.2) is 0 Å². The number of nitrogens with one attached hydrogen (secondary N) is 1. The number of hydrogen-bond donors (Lipinski definition) is 1. The van der Waals surface area contributed by atoms with Gasteiger partial charge < -0.3 is 4.98 Å². The molecule has 0 aliphatic carbocycles. The Hall–Kier alpha value is -2.45. The lowest BCUT2D eigenvalue weighted by Gasteiger charge is -2.06. The topological polar surface area (TPSA) is 69.5 Å². The summed E-state index contributed by atoms with van der Waals surface area (Å²) in [7, 11) is 0. The average Bonchev–Trinajstić information content (AvgIpc) is 2.47. The quantitative estimate of drug-likeness (QED) is 0.746. The summed E-state index contributed by atoms with van der Waals surface area (Å²) >= 11 is 3.33. The van der Waals surface area contributed by atoms with E-state index in [4.69, 9.17) is 0 Å². The molecule has 0 atom stereocenters. The second-order valence-corrected chi connectivity index (χ2v) is 5.06. The summed E-state index contributed by atoms with van der Waals surface area (Å²) in [6.45, 7) is 0. The first kappa shape index (κ1) is 12.6. The van der Waals surface area contributed by atoms with E-state index in [9.17, 15) is 10.1 Å². The number of aromatic amines is 1. The Balaban J connectivity index is 2.34. The van der Waals surface area contributed by atoms with Crippen LogP contribution in [0.3, 0.4) is 0 Å². The molecule has 0 fully saturated rings. The highest BCUT2D eigenvalue weighted by molar-refractivity contribution is 9.10. The summed E-state index contributed by atoms with van der Waals surface area (Å²) in [6, 6.07) is 14.6. The SMILES string of the molecule is N#Cc1c(Br)cccc1-c1nc2ccccc2c(=O)[nH]1. The normalized spacial score (nSPS) is 10.4. The van der Waals surface area contributed by atoms with Gasteiger partial charge in [-0.1, -0.05) is 18.2 Å². The number of halogens is 1. The number of benzene rings is 2. The summed E-state index contributed by atoms with van der Waals surface area (Å²) in [5.74, 6) is 0.395. The van der Waals surface area contributed by atoms with Crippen molar-refractivity contribution in [2.24, 2.45) is 0 Å². The van der Waals surface area contributed by atoms with Crippen molar-refractivity contribution in [3.05, 3.63) is 62.9 Å². The third-order valence-electron chi connectivity index (χ3n) is 2.99. The third kappa shape index (κ3) is 2.00. The number of H-pyrrole nitrogens is 1. The second-order valence-electron chi connectivity index (χ2n) is 4.21. The Kier molecular flexibility index (Phi) is 3.09. The first-order chi connectivity index (χ1) is 9.70. The molecule has 0 unspecified atom stereocenters. The van der Waals surface area contributed by atoms with E-state index < -0.39 is 0 Å². The number of para-hydroxylation sites is 1. The molecule has 1 heterocycles. The molecule has 2 aromatic carbocycles. The van der Waals surface area contributed by atoms with E-state index in [2.05, 4.69) is 32.0 Å². The Bertz CT molecular complexity index is 909. The molecule has 0 bridgehead atoms. The zero-order valence-corrected chi connectivity index (χ0v) is 11.8. The minimum Gasteiger partial charge on any atom is -0.306 e. The number of nitriles is 1.